The van der Waals surface area contributed by atoms with Gasteiger partial charge in [-0.1, -0.05) is 11.6 Å². The highest BCUT2D eigenvalue weighted by Crippen LogP contribution is 2.36. The molecule has 22 heavy (non-hydrogen) atoms. The fourth-order valence-electron chi connectivity index (χ4n) is 1.78. The Hall–Kier alpha value is -1.79. The second-order valence-electron chi connectivity index (χ2n) is 4.36. The van der Waals surface area contributed by atoms with Crippen molar-refractivity contribution in [1.82, 2.24) is 4.98 Å². The molecule has 7 heteroatoms. The molecule has 0 unspecified atom stereocenters. The Bertz CT molecular complexity index is 658. The molecule has 0 bridgehead atoms. The fraction of sp³-hybridized carbons (Fsp3) is 0.333. The third kappa shape index (κ3) is 4.35. The summed E-state index contributed by atoms with van der Waals surface area (Å²) >= 11 is 7.75. The van der Waals surface area contributed by atoms with Gasteiger partial charge in [0.05, 0.1) is 30.1 Å². The molecule has 0 saturated heterocycles. The topological polar surface area (TPSA) is 55.7 Å². The lowest BCUT2D eigenvalue weighted by molar-refractivity contribution is 0.288. The van der Waals surface area contributed by atoms with Crippen LogP contribution in [0.5, 0.6) is 11.5 Å². The van der Waals surface area contributed by atoms with E-state index >= 15 is 0 Å². The molecule has 0 saturated carbocycles. The van der Waals surface area contributed by atoms with Gasteiger partial charge < -0.3 is 9.47 Å². The van der Waals surface area contributed by atoms with E-state index in [0.29, 0.717) is 29.7 Å². The Morgan fingerprint density at radius 2 is 2.09 bits per heavy atom. The van der Waals surface area contributed by atoms with E-state index < -0.39 is 0 Å². The number of halogens is 1. The lowest BCUT2D eigenvalue weighted by atomic mass is 10.2. The van der Waals surface area contributed by atoms with Gasteiger partial charge in [0.15, 0.2) is 11.5 Å². The predicted octanol–water partition coefficient (Wildman–Crippen LogP) is 4.35. The number of hydrogen-bond acceptors (Lipinski definition) is 6. The Morgan fingerprint density at radius 3 is 2.73 bits per heavy atom. The van der Waals surface area contributed by atoms with Crippen LogP contribution in [0.4, 0.5) is 5.13 Å². The molecule has 0 fully saturated rings. The van der Waals surface area contributed by atoms with Crippen LogP contribution >= 0.6 is 22.9 Å². The molecule has 1 N–H and O–H groups in total. The van der Waals surface area contributed by atoms with Crippen LogP contribution in [-0.4, -0.2) is 24.4 Å². The second kappa shape index (κ2) is 8.00. The van der Waals surface area contributed by atoms with Crippen molar-refractivity contribution in [2.24, 2.45) is 5.10 Å². The molecule has 5 nitrogen and oxygen atoms in total. The van der Waals surface area contributed by atoms with Crippen LogP contribution in [0, 0.1) is 6.92 Å². The van der Waals surface area contributed by atoms with Gasteiger partial charge in [0.1, 0.15) is 0 Å². The number of rotatable bonds is 7. The number of nitrogens with one attached hydrogen (secondary N) is 1. The minimum atomic E-state index is 0.499. The highest BCUT2D eigenvalue weighted by Gasteiger charge is 2.11. The molecule has 0 spiro atoms. The molecular formula is C15H18ClN3O2S. The number of hydrazone groups is 1. The molecular weight excluding hydrogens is 322 g/mol. The van der Waals surface area contributed by atoms with E-state index in [9.17, 15) is 0 Å². The zero-order valence-electron chi connectivity index (χ0n) is 12.7. The van der Waals surface area contributed by atoms with Crippen LogP contribution < -0.4 is 14.9 Å². The summed E-state index contributed by atoms with van der Waals surface area (Å²) in [6.07, 6.45) is 1.67. The quantitative estimate of drug-likeness (QED) is 0.602. The van der Waals surface area contributed by atoms with E-state index in [2.05, 4.69) is 15.5 Å². The minimum absolute atomic E-state index is 0.499. The van der Waals surface area contributed by atoms with Gasteiger partial charge in [0, 0.05) is 5.38 Å². The average molecular weight is 340 g/mol. The maximum atomic E-state index is 6.25. The summed E-state index contributed by atoms with van der Waals surface area (Å²) < 4.78 is 11.1. The molecule has 118 valence electrons. The number of benzene rings is 1. The largest absolute Gasteiger partial charge is 0.490 e. The molecule has 0 aliphatic carbocycles. The number of aromatic nitrogens is 1. The Balaban J connectivity index is 2.16. The molecule has 0 aliphatic heterocycles. The van der Waals surface area contributed by atoms with E-state index in [1.54, 1.807) is 12.3 Å². The molecule has 1 heterocycles. The molecule has 2 aromatic rings. The first kappa shape index (κ1) is 16.6. The summed E-state index contributed by atoms with van der Waals surface area (Å²) in [6.45, 7) is 6.82. The van der Waals surface area contributed by atoms with Crippen molar-refractivity contribution < 1.29 is 9.47 Å². The fourth-order valence-corrected chi connectivity index (χ4v) is 2.69. The summed E-state index contributed by atoms with van der Waals surface area (Å²) in [4.78, 5) is 4.27. The number of thiazole rings is 1. The van der Waals surface area contributed by atoms with Crippen LogP contribution in [0.3, 0.4) is 0 Å². The molecule has 1 aromatic heterocycles. The third-order valence-electron chi connectivity index (χ3n) is 2.61. The predicted molar refractivity (Wildman–Crippen MR) is 91.9 cm³/mol. The first-order valence-corrected chi connectivity index (χ1v) is 8.20. The molecule has 0 amide bonds. The molecule has 1 aromatic carbocycles. The number of ether oxygens (including phenoxy) is 2. The highest BCUT2D eigenvalue weighted by molar-refractivity contribution is 7.13. The lowest BCUT2D eigenvalue weighted by Gasteiger charge is -2.13. The van der Waals surface area contributed by atoms with E-state index in [1.165, 1.54) is 11.3 Å². The number of nitrogens with zero attached hydrogens (tertiary/aromatic N) is 2. The van der Waals surface area contributed by atoms with Crippen LogP contribution in [-0.2, 0) is 0 Å². The summed E-state index contributed by atoms with van der Waals surface area (Å²) in [5.41, 5.74) is 4.67. The molecule has 0 aliphatic rings. The van der Waals surface area contributed by atoms with E-state index in [-0.39, 0.29) is 0 Å². The zero-order valence-corrected chi connectivity index (χ0v) is 14.3. The van der Waals surface area contributed by atoms with Crippen LogP contribution in [0.15, 0.2) is 22.6 Å². The van der Waals surface area contributed by atoms with Gasteiger partial charge in [-0.3, -0.25) is 5.43 Å². The summed E-state index contributed by atoms with van der Waals surface area (Å²) in [6, 6.07) is 3.63. The van der Waals surface area contributed by atoms with Crippen LogP contribution in [0.25, 0.3) is 0 Å². The maximum Gasteiger partial charge on any atom is 0.203 e. The molecule has 0 atom stereocenters. The van der Waals surface area contributed by atoms with Gasteiger partial charge >= 0.3 is 0 Å². The number of anilines is 1. The van der Waals surface area contributed by atoms with Crippen molar-refractivity contribution in [2.75, 3.05) is 18.6 Å². The second-order valence-corrected chi connectivity index (χ2v) is 5.63. The van der Waals surface area contributed by atoms with Gasteiger partial charge in [-0.15, -0.1) is 11.3 Å². The van der Waals surface area contributed by atoms with E-state index in [0.717, 1.165) is 16.4 Å². The highest BCUT2D eigenvalue weighted by atomic mass is 35.5. The van der Waals surface area contributed by atoms with Crippen molar-refractivity contribution in [2.45, 2.75) is 20.8 Å². The smallest absolute Gasteiger partial charge is 0.203 e. The summed E-state index contributed by atoms with van der Waals surface area (Å²) in [5, 5.41) is 7.36. The maximum absolute atomic E-state index is 6.25. The molecule has 2 rings (SSSR count). The van der Waals surface area contributed by atoms with E-state index in [4.69, 9.17) is 21.1 Å². The minimum Gasteiger partial charge on any atom is -0.490 e. The third-order valence-corrected chi connectivity index (χ3v) is 3.76. The number of hydrogen-bond donors (Lipinski definition) is 1. The first-order chi connectivity index (χ1) is 10.6. The molecule has 0 radical (unpaired) electrons. The van der Waals surface area contributed by atoms with Gasteiger partial charge in [0.2, 0.25) is 5.13 Å². The number of aryl methyl sites for hydroxylation is 1. The van der Waals surface area contributed by atoms with Crippen molar-refractivity contribution in [3.05, 3.63) is 33.8 Å². The zero-order chi connectivity index (χ0) is 15.9. The van der Waals surface area contributed by atoms with Gasteiger partial charge in [-0.2, -0.15) is 5.10 Å². The van der Waals surface area contributed by atoms with Crippen molar-refractivity contribution in [1.29, 1.82) is 0 Å². The summed E-state index contributed by atoms with van der Waals surface area (Å²) in [7, 11) is 0. The van der Waals surface area contributed by atoms with E-state index in [1.807, 2.05) is 32.2 Å². The van der Waals surface area contributed by atoms with Gasteiger partial charge in [-0.05, 0) is 38.5 Å². The lowest BCUT2D eigenvalue weighted by Crippen LogP contribution is -2.00. The normalized spacial score (nSPS) is 10.9. The average Bonchev–Trinajstić information content (AvgIpc) is 2.89. The Kier molecular flexibility index (Phi) is 6.03. The Morgan fingerprint density at radius 1 is 1.32 bits per heavy atom. The van der Waals surface area contributed by atoms with Gasteiger partial charge in [0.25, 0.3) is 0 Å². The van der Waals surface area contributed by atoms with Crippen molar-refractivity contribution >= 4 is 34.3 Å². The SMILES string of the molecule is CCOc1cc(/C=N\Nc2nc(C)cs2)cc(Cl)c1OCC. The van der Waals surface area contributed by atoms with Gasteiger partial charge in [-0.25, -0.2) is 4.98 Å². The monoisotopic (exact) mass is 339 g/mol. The van der Waals surface area contributed by atoms with Crippen molar-refractivity contribution in [3.63, 3.8) is 0 Å². The Labute approximate surface area is 138 Å². The van der Waals surface area contributed by atoms with Crippen molar-refractivity contribution in [3.8, 4) is 11.5 Å². The first-order valence-electron chi connectivity index (χ1n) is 6.94. The van der Waals surface area contributed by atoms with Crippen LogP contribution in [0.2, 0.25) is 5.02 Å². The standard InChI is InChI=1S/C15H18ClN3O2S/c1-4-20-13-7-11(6-12(16)14(13)21-5-2)8-17-19-15-18-10(3)9-22-15/h6-9H,4-5H2,1-3H3,(H,18,19)/b17-8-. The summed E-state index contributed by atoms with van der Waals surface area (Å²) in [5.74, 6) is 1.18. The van der Waals surface area contributed by atoms with Crippen LogP contribution in [0.1, 0.15) is 25.1 Å².